The molecule has 0 saturated carbocycles. The Morgan fingerprint density at radius 3 is 1.28 bits per heavy atom. The first-order valence-corrected chi connectivity index (χ1v) is 31.9. The first-order valence-electron chi connectivity index (χ1n) is 30.5. The third-order valence-corrected chi connectivity index (χ3v) is 15.1. The predicted octanol–water partition coefficient (Wildman–Crippen LogP) is -11.6. The Kier molecular flexibility index (Phi) is 39.3. The maximum atomic E-state index is 14.0. The molecule has 41 heteroatoms. The molecule has 40 nitrogen and oxygen atoms in total. The van der Waals surface area contributed by atoms with Gasteiger partial charge < -0.3 is 128 Å². The van der Waals surface area contributed by atoms with Crippen LogP contribution >= 0.6 is 11.8 Å². The van der Waals surface area contributed by atoms with E-state index < -0.39 is 237 Å². The molecule has 1 rings (SSSR count). The number of aliphatic imine (C=N–C) groups is 1. The number of hydrogen-bond acceptors (Lipinski definition) is 24. The number of primary amides is 1. The van der Waals surface area contributed by atoms with Crippen molar-refractivity contribution in [2.24, 2.45) is 33.8 Å². The molecule has 13 amide bonds. The van der Waals surface area contributed by atoms with E-state index in [-0.39, 0.29) is 31.6 Å². The summed E-state index contributed by atoms with van der Waals surface area (Å²) in [5.74, 6) is -19.9. The van der Waals surface area contributed by atoms with Gasteiger partial charge in [0.15, 0.2) is 12.0 Å². The number of nitrogens with zero attached hydrogens (tertiary/aromatic N) is 1. The molecule has 0 aliphatic heterocycles. The molecule has 98 heavy (non-hydrogen) atoms. The molecule has 0 aliphatic carbocycles. The largest absolute Gasteiger partial charge is 0.481 e. The van der Waals surface area contributed by atoms with Gasteiger partial charge in [0.1, 0.15) is 66.5 Å². The van der Waals surface area contributed by atoms with Crippen LogP contribution in [0.3, 0.4) is 0 Å². The van der Waals surface area contributed by atoms with Gasteiger partial charge in [-0.25, -0.2) is 4.79 Å². The number of carbonyl (C=O) groups is 15. The van der Waals surface area contributed by atoms with Crippen LogP contribution in [0.1, 0.15) is 78.7 Å². The van der Waals surface area contributed by atoms with Crippen molar-refractivity contribution in [1.29, 1.82) is 0 Å². The number of nitrogens with two attached hydrogens (primary N) is 4. The second-order valence-electron chi connectivity index (χ2n) is 22.4. The number of carboxylic acids is 2. The van der Waals surface area contributed by atoms with E-state index in [1.165, 1.54) is 6.92 Å². The fourth-order valence-corrected chi connectivity index (χ4v) is 9.10. The summed E-state index contributed by atoms with van der Waals surface area (Å²) in [7, 11) is 0. The zero-order valence-corrected chi connectivity index (χ0v) is 55.5. The van der Waals surface area contributed by atoms with E-state index in [1.807, 2.05) is 16.0 Å². The molecular weight excluding hydrogens is 1320 g/mol. The van der Waals surface area contributed by atoms with Crippen LogP contribution < -0.4 is 86.7 Å². The second kappa shape index (κ2) is 44.4. The van der Waals surface area contributed by atoms with Crippen molar-refractivity contribution in [1.82, 2.24) is 63.8 Å². The smallest absolute Gasteiger partial charge is 0.328 e. The Balaban J connectivity index is 3.37. The summed E-state index contributed by atoms with van der Waals surface area (Å²) in [5.41, 5.74) is 23.0. The minimum atomic E-state index is -2.05. The molecule has 0 unspecified atom stereocenters. The number of aliphatic hydroxyl groups excluding tert-OH is 6. The van der Waals surface area contributed by atoms with Gasteiger partial charge in [0.25, 0.3) is 0 Å². The molecule has 1 aromatic carbocycles. The lowest BCUT2D eigenvalue weighted by atomic mass is 9.97. The first-order chi connectivity index (χ1) is 46.0. The predicted molar refractivity (Wildman–Crippen MR) is 345 cm³/mol. The molecule has 0 aliphatic rings. The maximum absolute atomic E-state index is 14.0. The Morgan fingerprint density at radius 1 is 0.469 bits per heavy atom. The number of guanidine groups is 1. The molecule has 0 fully saturated rings. The number of aliphatic hydroxyl groups is 6. The average molecular weight is 1420 g/mol. The number of aliphatic carboxylic acids is 2. The quantitative estimate of drug-likeness (QED) is 0.0164. The monoisotopic (exact) mass is 1420 g/mol. The lowest BCUT2D eigenvalue weighted by Crippen LogP contribution is -2.63. The van der Waals surface area contributed by atoms with Crippen molar-refractivity contribution < 1.29 is 113 Å². The van der Waals surface area contributed by atoms with Crippen LogP contribution in [0.15, 0.2) is 35.3 Å². The van der Waals surface area contributed by atoms with Crippen molar-refractivity contribution in [3.05, 3.63) is 35.9 Å². The van der Waals surface area contributed by atoms with Gasteiger partial charge in [-0.1, -0.05) is 50.6 Å². The average Bonchev–Trinajstić information content (AvgIpc) is 1.12. The molecule has 1 aromatic rings. The van der Waals surface area contributed by atoms with E-state index in [9.17, 15) is 113 Å². The number of carboxylic acid groups (broad SMARTS) is 2. The molecule has 0 aromatic heterocycles. The minimum Gasteiger partial charge on any atom is -0.481 e. The summed E-state index contributed by atoms with van der Waals surface area (Å²) >= 11 is 1.15. The number of amides is 13. The van der Waals surface area contributed by atoms with Crippen molar-refractivity contribution >= 4 is 106 Å². The lowest BCUT2D eigenvalue weighted by Gasteiger charge is -2.28. The van der Waals surface area contributed by atoms with E-state index in [1.54, 1.807) is 50.4 Å². The highest BCUT2D eigenvalue weighted by Gasteiger charge is 2.39. The summed E-state index contributed by atoms with van der Waals surface area (Å²) < 4.78 is 0. The number of nitrogens with one attached hydrogen (secondary N) is 12. The number of carbonyl (C=O) groups excluding carboxylic acids is 13. The van der Waals surface area contributed by atoms with Gasteiger partial charge >= 0.3 is 11.9 Å². The third kappa shape index (κ3) is 30.8. The number of rotatable bonds is 46. The molecule has 0 saturated heterocycles. The molecule has 0 spiro atoms. The van der Waals surface area contributed by atoms with Gasteiger partial charge in [-0.3, -0.25) is 72.1 Å². The Hall–Kier alpha value is -9.39. The van der Waals surface area contributed by atoms with Gasteiger partial charge in [0.05, 0.1) is 57.5 Å². The van der Waals surface area contributed by atoms with Crippen LogP contribution in [-0.2, 0) is 78.3 Å². The minimum absolute atomic E-state index is 0.0835. The van der Waals surface area contributed by atoms with Gasteiger partial charge in [-0.15, -0.1) is 0 Å². The standard InChI is InChI=1S/C57H93N17O23S/c1-7-25(2)41(72-45(85)30(58)18-29-12-9-8-10-13-29)54(94)63-26(3)44(84)68-35(21-75)51(91)67-34(20-40(82)83)49(89)65-32(15-17-98-6)47(87)73-42(27(4)79)55(95)71-37(23-77)50(90)64-31(14-11-16-62-57(60)61)46(86)66-33(19-39(59)81)48(88)69-36(22-76)52(92)70-38(24-78)53(93)74-43(28(5)80)56(96)97/h8-10,12-13,25-28,30-38,41-43,75-80H,7,11,14-24,58H2,1-6H3,(H2,59,81)(H,63,94)(H,64,90)(H,65,89)(H,66,86)(H,67,91)(H,68,84)(H,69,88)(H,70,92)(H,71,95)(H,72,85)(H,73,87)(H,74,93)(H,82,83)(H,96,97)(H4,60,61,62)/t25-,26-,27+,28+,30-,31-,32-,33-,34-,35-,36-,37-,38-,41-,42-,43-/m0/s1. The first kappa shape index (κ1) is 86.6. The van der Waals surface area contributed by atoms with Crippen molar-refractivity contribution in [3.8, 4) is 0 Å². The fraction of sp³-hybridized carbons (Fsp3) is 0.614. The van der Waals surface area contributed by atoms with Gasteiger partial charge in [-0.05, 0) is 69.9 Å². The molecule has 0 heterocycles. The van der Waals surface area contributed by atoms with Crippen molar-refractivity contribution in [3.63, 3.8) is 0 Å². The van der Waals surface area contributed by atoms with Crippen LogP contribution in [0.25, 0.3) is 0 Å². The zero-order chi connectivity index (χ0) is 74.7. The van der Waals surface area contributed by atoms with Crippen molar-refractivity contribution in [2.75, 3.05) is 45.0 Å². The van der Waals surface area contributed by atoms with Gasteiger partial charge in [0, 0.05) is 6.54 Å². The van der Waals surface area contributed by atoms with E-state index >= 15 is 0 Å². The van der Waals surface area contributed by atoms with E-state index in [0.29, 0.717) is 6.42 Å². The van der Waals surface area contributed by atoms with Crippen LogP contribution in [-0.4, -0.2) is 271 Å². The maximum Gasteiger partial charge on any atom is 0.328 e. The number of hydrogen-bond donors (Lipinski definition) is 24. The molecule has 28 N–H and O–H groups in total. The SMILES string of the molecule is CC[C@H](C)[C@H](NC(=O)[C@@H](N)Cc1ccccc1)C(=O)N[C@@H](C)C(=O)N[C@@H](CO)C(=O)N[C@@H](CC(=O)O)C(=O)N[C@@H](CCSC)C(=O)N[C@H](C(=O)N[C@@H](CO)C(=O)N[C@@H](CCCN=C(N)N)C(=O)N[C@@H](CC(N)=O)C(=O)N[C@@H](CO)C(=O)N[C@@H](CO)C(=O)N[C@H](C(=O)O)[C@@H](C)O)[C@@H](C)O. The Labute approximate surface area is 566 Å². The highest BCUT2D eigenvalue weighted by Crippen LogP contribution is 2.12. The zero-order valence-electron chi connectivity index (χ0n) is 54.7. The molecule has 0 radical (unpaired) electrons. The number of thioether (sulfide) groups is 1. The highest BCUT2D eigenvalue weighted by atomic mass is 32.2. The van der Waals surface area contributed by atoms with Crippen LogP contribution in [0.4, 0.5) is 0 Å². The number of benzene rings is 1. The summed E-state index contributed by atoms with van der Waals surface area (Å²) in [4.78, 5) is 202. The second-order valence-corrected chi connectivity index (χ2v) is 23.4. The Bertz CT molecular complexity index is 2930. The third-order valence-electron chi connectivity index (χ3n) is 14.4. The highest BCUT2D eigenvalue weighted by molar-refractivity contribution is 7.98. The van der Waals surface area contributed by atoms with E-state index in [4.69, 9.17) is 22.9 Å². The molecule has 0 bridgehead atoms. The normalized spacial score (nSPS) is 15.9. The topological polar surface area (TPSA) is 679 Å². The van der Waals surface area contributed by atoms with Crippen LogP contribution in [0.2, 0.25) is 0 Å². The molecular formula is C57H93N17O23S. The summed E-state index contributed by atoms with van der Waals surface area (Å²) in [5, 5.41) is 106. The van der Waals surface area contributed by atoms with Crippen molar-refractivity contribution in [2.45, 2.75) is 170 Å². The fourth-order valence-electron chi connectivity index (χ4n) is 8.63. The summed E-state index contributed by atoms with van der Waals surface area (Å²) in [6.07, 6.45) is -4.38. The lowest BCUT2D eigenvalue weighted by molar-refractivity contribution is -0.145. The van der Waals surface area contributed by atoms with E-state index in [0.717, 1.165) is 31.2 Å². The van der Waals surface area contributed by atoms with E-state index in [2.05, 4.69) is 52.8 Å². The van der Waals surface area contributed by atoms with Crippen LogP contribution in [0, 0.1) is 5.92 Å². The van der Waals surface area contributed by atoms with Gasteiger partial charge in [0.2, 0.25) is 76.8 Å². The summed E-state index contributed by atoms with van der Waals surface area (Å²) in [6.45, 7) is 1.63. The summed E-state index contributed by atoms with van der Waals surface area (Å²) in [6, 6.07) is -14.2. The Morgan fingerprint density at radius 2 is 0.847 bits per heavy atom. The van der Waals surface area contributed by atoms with Crippen LogP contribution in [0.5, 0.6) is 0 Å². The molecule has 16 atom stereocenters. The molecule has 550 valence electrons. The van der Waals surface area contributed by atoms with Gasteiger partial charge in [-0.2, -0.15) is 11.8 Å².